The highest BCUT2D eigenvalue weighted by atomic mass is 35.5. The van der Waals surface area contributed by atoms with Gasteiger partial charge in [0.05, 0.1) is 18.8 Å². The number of carbonyl (C=O) groups excluding carboxylic acids is 4. The monoisotopic (exact) mass is 792 g/mol. The van der Waals surface area contributed by atoms with Crippen molar-refractivity contribution >= 4 is 46.3 Å². The van der Waals surface area contributed by atoms with E-state index >= 15 is 0 Å². The first kappa shape index (κ1) is 41.3. The van der Waals surface area contributed by atoms with Gasteiger partial charge in [-0.05, 0) is 85.7 Å². The molecule has 298 valence electrons. The number of hydrogen-bond acceptors (Lipinski definition) is 9. The van der Waals surface area contributed by atoms with E-state index in [4.69, 9.17) is 31.2 Å². The van der Waals surface area contributed by atoms with Crippen LogP contribution in [0.15, 0.2) is 108 Å². The van der Waals surface area contributed by atoms with Crippen LogP contribution in [0.5, 0.6) is 0 Å². The van der Waals surface area contributed by atoms with Gasteiger partial charge < -0.3 is 29.8 Å². The highest BCUT2D eigenvalue weighted by molar-refractivity contribution is 6.30. The lowest BCUT2D eigenvalue weighted by molar-refractivity contribution is -0.139. The van der Waals surface area contributed by atoms with Crippen LogP contribution in [0.3, 0.4) is 0 Å². The predicted octanol–water partition coefficient (Wildman–Crippen LogP) is 7.79. The second-order valence-corrected chi connectivity index (χ2v) is 15.0. The number of Topliss-reactive ketones (excluding diaryl/α,β-unsaturated/α-hetero) is 2. The molecule has 3 N–H and O–H groups in total. The quantitative estimate of drug-likeness (QED) is 0.0630. The number of ketones is 2. The largest absolute Gasteiger partial charge is 0.445 e. The number of unbranched alkanes of at least 4 members (excludes halogenated alkanes) is 1. The molecule has 1 aliphatic heterocycles. The highest BCUT2D eigenvalue weighted by Crippen LogP contribution is 2.29. The molecule has 57 heavy (non-hydrogen) atoms. The third-order valence-electron chi connectivity index (χ3n) is 10.3. The van der Waals surface area contributed by atoms with Crippen molar-refractivity contribution < 1.29 is 33.1 Å². The zero-order chi connectivity index (χ0) is 40.1. The van der Waals surface area contributed by atoms with E-state index in [-0.39, 0.29) is 56.5 Å². The van der Waals surface area contributed by atoms with Gasteiger partial charge in [-0.3, -0.25) is 14.4 Å². The van der Waals surface area contributed by atoms with Gasteiger partial charge in [-0.2, -0.15) is 0 Å². The minimum Gasteiger partial charge on any atom is -0.445 e. The third kappa shape index (κ3) is 11.6. The molecule has 2 heterocycles. The summed E-state index contributed by atoms with van der Waals surface area (Å²) in [5.41, 5.74) is 10.5. The fourth-order valence-electron chi connectivity index (χ4n) is 7.14. The number of hydrogen-bond donors (Lipinski definition) is 2. The van der Waals surface area contributed by atoms with Crippen LogP contribution in [0.2, 0.25) is 5.02 Å². The molecule has 11 nitrogen and oxygen atoms in total. The molecular formula is C45H49ClN4O7. The Morgan fingerprint density at radius 1 is 0.895 bits per heavy atom. The summed E-state index contributed by atoms with van der Waals surface area (Å²) < 4.78 is 17.7. The Labute approximate surface area is 337 Å². The van der Waals surface area contributed by atoms with Crippen LogP contribution in [0.25, 0.3) is 11.1 Å². The second kappa shape index (κ2) is 20.2. The molecule has 0 bridgehead atoms. The highest BCUT2D eigenvalue weighted by Gasteiger charge is 2.43. The molecule has 0 saturated carbocycles. The van der Waals surface area contributed by atoms with Crippen molar-refractivity contribution in [2.24, 2.45) is 11.7 Å². The lowest BCUT2D eigenvalue weighted by atomic mass is 9.89. The van der Waals surface area contributed by atoms with Crippen LogP contribution in [-0.2, 0) is 38.7 Å². The normalized spacial score (nSPS) is 16.3. The zero-order valence-electron chi connectivity index (χ0n) is 32.1. The van der Waals surface area contributed by atoms with E-state index in [1.807, 2.05) is 91.9 Å². The maximum atomic E-state index is 14.7. The first-order valence-corrected chi connectivity index (χ1v) is 19.9. The summed E-state index contributed by atoms with van der Waals surface area (Å²) in [5, 5.41) is 3.40. The molecule has 5 aromatic rings. The number of amides is 2. The fraction of sp³-hybridized carbons (Fsp3) is 0.356. The molecule has 6 rings (SSSR count). The lowest BCUT2D eigenvalue weighted by Crippen LogP contribution is -2.52. The van der Waals surface area contributed by atoms with Crippen molar-refractivity contribution in [2.75, 3.05) is 13.1 Å². The molecule has 1 fully saturated rings. The number of carbonyl (C=O) groups is 4. The lowest BCUT2D eigenvalue weighted by Gasteiger charge is -2.29. The number of nitrogens with one attached hydrogen (secondary N) is 1. The molecule has 0 spiro atoms. The average Bonchev–Trinajstić information content (AvgIpc) is 3.86. The number of aryl methyl sites for hydroxylation is 2. The Bertz CT molecular complexity index is 2110. The Morgan fingerprint density at radius 3 is 2.32 bits per heavy atom. The van der Waals surface area contributed by atoms with Gasteiger partial charge in [-0.1, -0.05) is 96.9 Å². The molecule has 1 saturated heterocycles. The molecule has 0 unspecified atom stereocenters. The number of ether oxygens (including phenoxy) is 2. The van der Waals surface area contributed by atoms with Crippen molar-refractivity contribution in [3.05, 3.63) is 136 Å². The summed E-state index contributed by atoms with van der Waals surface area (Å²) >= 11 is 6.10. The zero-order valence-corrected chi connectivity index (χ0v) is 32.9. The van der Waals surface area contributed by atoms with Crippen LogP contribution in [0, 0.1) is 12.8 Å². The Hall–Kier alpha value is -5.36. The first-order chi connectivity index (χ1) is 27.7. The first-order valence-electron chi connectivity index (χ1n) is 19.5. The number of oxazole rings is 1. The summed E-state index contributed by atoms with van der Waals surface area (Å²) in [5.74, 6) is -1.89. The summed E-state index contributed by atoms with van der Waals surface area (Å²) in [6.07, 6.45) is 1.27. The maximum Gasteiger partial charge on any atom is 0.408 e. The van der Waals surface area contributed by atoms with E-state index in [2.05, 4.69) is 10.3 Å². The smallest absolute Gasteiger partial charge is 0.408 e. The minimum atomic E-state index is -1.01. The van der Waals surface area contributed by atoms with Gasteiger partial charge in [-0.15, -0.1) is 0 Å². The van der Waals surface area contributed by atoms with E-state index in [1.165, 1.54) is 4.90 Å². The standard InChI is InChI=1S/C45H49ClN4O7/c1-30-15-22-41-38(24-30)48-43(57-41)42(52)34(14-8-9-23-47)25-40(51)39-26-36(55-28-33-16-19-35(46)20-17-33)27-50(39)44(53)37(21-18-31-10-4-2-5-11-31)49-45(54)56-29-32-12-6-3-7-13-32/h2-7,10-13,15-17,19-20,22,24,34,36-37,39H,8-9,14,18,21,23,25-29,47H2,1H3,(H,49,54)/t34-,36-,37-,39+/m1/s1. The van der Waals surface area contributed by atoms with Gasteiger partial charge in [0.15, 0.2) is 11.4 Å². The molecule has 1 aliphatic rings. The molecule has 0 radical (unpaired) electrons. The summed E-state index contributed by atoms with van der Waals surface area (Å²) in [7, 11) is 0. The van der Waals surface area contributed by atoms with Gasteiger partial charge in [0.25, 0.3) is 5.89 Å². The Kier molecular flexibility index (Phi) is 14.6. The van der Waals surface area contributed by atoms with Crippen LogP contribution in [-0.4, -0.2) is 64.7 Å². The van der Waals surface area contributed by atoms with Gasteiger partial charge >= 0.3 is 6.09 Å². The molecule has 4 atom stereocenters. The van der Waals surface area contributed by atoms with Crippen molar-refractivity contribution in [3.63, 3.8) is 0 Å². The van der Waals surface area contributed by atoms with E-state index in [9.17, 15) is 19.2 Å². The number of aromatic nitrogens is 1. The van der Waals surface area contributed by atoms with Crippen LogP contribution >= 0.6 is 11.6 Å². The average molecular weight is 793 g/mol. The third-order valence-corrected chi connectivity index (χ3v) is 10.5. The summed E-state index contributed by atoms with van der Waals surface area (Å²) in [6.45, 7) is 2.75. The van der Waals surface area contributed by atoms with Gasteiger partial charge in [0.2, 0.25) is 11.7 Å². The van der Waals surface area contributed by atoms with E-state index in [1.54, 1.807) is 18.2 Å². The van der Waals surface area contributed by atoms with E-state index < -0.39 is 36.1 Å². The topological polar surface area (TPSA) is 154 Å². The van der Waals surface area contributed by atoms with Crippen LogP contribution < -0.4 is 11.1 Å². The Balaban J connectivity index is 1.24. The van der Waals surface area contributed by atoms with Crippen molar-refractivity contribution in [2.45, 2.75) is 83.3 Å². The number of fused-ring (bicyclic) bond motifs is 1. The number of nitrogens with two attached hydrogens (primary N) is 1. The molecule has 1 aromatic heterocycles. The fourth-order valence-corrected chi connectivity index (χ4v) is 7.27. The number of alkyl carbamates (subject to hydrolysis) is 1. The second-order valence-electron chi connectivity index (χ2n) is 14.6. The number of halogens is 1. The molecule has 2 amide bonds. The van der Waals surface area contributed by atoms with Gasteiger partial charge in [0.1, 0.15) is 18.2 Å². The predicted molar refractivity (Wildman–Crippen MR) is 218 cm³/mol. The number of benzene rings is 4. The van der Waals surface area contributed by atoms with E-state index in [0.29, 0.717) is 48.4 Å². The van der Waals surface area contributed by atoms with Crippen LogP contribution in [0.4, 0.5) is 4.79 Å². The SMILES string of the molecule is Cc1ccc2oc(C(=O)[C@H](CCCCN)CC(=O)[C@@H]3C[C@@H](OCc4ccc(Cl)cc4)CN3C(=O)[C@@H](CCc3ccccc3)NC(=O)OCc3ccccc3)nc2c1. The Morgan fingerprint density at radius 2 is 1.60 bits per heavy atom. The maximum absolute atomic E-state index is 14.7. The van der Waals surface area contributed by atoms with Crippen molar-refractivity contribution in [3.8, 4) is 0 Å². The van der Waals surface area contributed by atoms with Crippen molar-refractivity contribution in [1.82, 2.24) is 15.2 Å². The van der Waals surface area contributed by atoms with Gasteiger partial charge in [-0.25, -0.2) is 9.78 Å². The number of nitrogens with zero attached hydrogens (tertiary/aromatic N) is 2. The molecule has 12 heteroatoms. The molecule has 4 aromatic carbocycles. The summed E-state index contributed by atoms with van der Waals surface area (Å²) in [4.78, 5) is 62.4. The number of rotatable bonds is 19. The molecule has 0 aliphatic carbocycles. The molecular weight excluding hydrogens is 744 g/mol. The minimum absolute atomic E-state index is 0.0248. The van der Waals surface area contributed by atoms with Crippen LogP contribution in [0.1, 0.15) is 71.5 Å². The number of likely N-dealkylation sites (tertiary alicyclic amines) is 1. The summed E-state index contributed by atoms with van der Waals surface area (Å²) in [6, 6.07) is 29.8. The van der Waals surface area contributed by atoms with Gasteiger partial charge in [0, 0.05) is 30.3 Å². The van der Waals surface area contributed by atoms with E-state index in [0.717, 1.165) is 22.3 Å². The van der Waals surface area contributed by atoms with Crippen molar-refractivity contribution in [1.29, 1.82) is 0 Å².